The van der Waals surface area contributed by atoms with E-state index in [4.69, 9.17) is 18.9 Å². The molecular weight excluding hydrogens is 905 g/mol. The van der Waals surface area contributed by atoms with Gasteiger partial charge in [0.1, 0.15) is 24.4 Å². The monoisotopic (exact) mass is 989 g/mol. The zero-order chi connectivity index (χ0) is 50.8. The number of ketones is 2. The van der Waals surface area contributed by atoms with Gasteiger partial charge >= 0.3 is 5.97 Å². The number of methoxy groups -OCH3 is 2. The number of carbonyl (C=O) groups is 4. The first-order valence-corrected chi connectivity index (χ1v) is 27.3. The number of aliphatic hydroxyl groups excluding tert-OH is 2. The van der Waals surface area contributed by atoms with E-state index in [0.29, 0.717) is 82.7 Å². The maximum Gasteiger partial charge on any atom is 0.329 e. The van der Waals surface area contributed by atoms with E-state index in [2.05, 4.69) is 0 Å². The predicted molar refractivity (Wildman–Crippen MR) is 263 cm³/mol. The summed E-state index contributed by atoms with van der Waals surface area (Å²) in [6.45, 7) is 13.6. The van der Waals surface area contributed by atoms with Crippen molar-refractivity contribution in [2.45, 2.75) is 193 Å². The lowest BCUT2D eigenvalue weighted by molar-refractivity contribution is -0.264. The number of piperidine rings is 1. The number of aliphatic hydroxyl groups is 3. The molecular formula is C53H84N2O13S. The number of carbonyl (C=O) groups excluding carboxylic acids is 4. The molecule has 15 nitrogen and oxygen atoms in total. The smallest absolute Gasteiger partial charge is 0.329 e. The molecule has 4 fully saturated rings. The number of hydrogen-bond acceptors (Lipinski definition) is 13. The molecule has 3 N–H and O–H groups in total. The minimum absolute atomic E-state index is 0.000924. The van der Waals surface area contributed by atoms with Crippen LogP contribution in [0.4, 0.5) is 0 Å². The van der Waals surface area contributed by atoms with Gasteiger partial charge in [-0.3, -0.25) is 14.4 Å². The molecule has 4 heterocycles. The third-order valence-electron chi connectivity index (χ3n) is 15.7. The van der Waals surface area contributed by atoms with Gasteiger partial charge in [0.05, 0.1) is 24.1 Å². The van der Waals surface area contributed by atoms with Crippen LogP contribution in [0.15, 0.2) is 47.6 Å². The summed E-state index contributed by atoms with van der Waals surface area (Å²) in [4.78, 5) is 58.3. The Balaban J connectivity index is 1.48. The van der Waals surface area contributed by atoms with Crippen molar-refractivity contribution in [3.63, 3.8) is 0 Å². The van der Waals surface area contributed by atoms with E-state index < -0.39 is 87.9 Å². The van der Waals surface area contributed by atoms with Crippen molar-refractivity contribution in [1.29, 1.82) is 0 Å². The van der Waals surface area contributed by atoms with E-state index in [1.165, 1.54) is 16.3 Å². The van der Waals surface area contributed by atoms with Gasteiger partial charge in [0.25, 0.3) is 11.7 Å². The SMILES string of the molecule is CO[C@@H]1C[C@H](C[C@@H](C)[C@@H]2CC[C@H](C)/C=C(\C)[C@@H](O)[C@@H](OC)C(=O)[C@H](C)C[C@H](C)/C=C/C=C/C=C(\C)[C@H](N3CCCS3(=O)=O)C[C@@H]3CC[C@@H](C)[C@@](O)(O3)C(=O)C(=O)N3CCCC[C@H]3C(=O)O2)CC[C@H]1O. The third-order valence-corrected chi connectivity index (χ3v) is 17.7. The fourth-order valence-electron chi connectivity index (χ4n) is 11.4. The zero-order valence-electron chi connectivity index (χ0n) is 42.8. The molecule has 5 aliphatic rings. The van der Waals surface area contributed by atoms with E-state index in [-0.39, 0.29) is 60.7 Å². The molecule has 1 aliphatic carbocycles. The molecule has 0 aromatic carbocycles. The van der Waals surface area contributed by atoms with Crippen molar-refractivity contribution in [3.8, 4) is 0 Å². The fourth-order valence-corrected chi connectivity index (χ4v) is 13.2. The minimum Gasteiger partial charge on any atom is -0.461 e. The van der Waals surface area contributed by atoms with Gasteiger partial charge in [-0.1, -0.05) is 76.6 Å². The molecule has 390 valence electrons. The number of Topliss-reactive ketones (excluding diaryl/α,β-unsaturated/α-hetero) is 2. The first-order chi connectivity index (χ1) is 32.6. The average molecular weight is 989 g/mol. The Hall–Kier alpha value is -3.09. The normalized spacial score (nSPS) is 40.9. The molecule has 5 rings (SSSR count). The van der Waals surface area contributed by atoms with Crippen LogP contribution in [0.1, 0.15) is 138 Å². The van der Waals surface area contributed by atoms with Crippen molar-refractivity contribution in [2.24, 2.45) is 35.5 Å². The average Bonchev–Trinajstić information content (AvgIpc) is 3.67. The van der Waals surface area contributed by atoms with Gasteiger partial charge in [0.15, 0.2) is 5.78 Å². The highest BCUT2D eigenvalue weighted by molar-refractivity contribution is 7.89. The van der Waals surface area contributed by atoms with Gasteiger partial charge in [-0.05, 0) is 133 Å². The van der Waals surface area contributed by atoms with E-state index >= 15 is 0 Å². The fraction of sp³-hybridized carbons (Fsp3) is 0.774. The molecule has 0 aromatic heterocycles. The van der Waals surface area contributed by atoms with Crippen molar-refractivity contribution >= 4 is 33.5 Å². The largest absolute Gasteiger partial charge is 0.461 e. The second-order valence-corrected chi connectivity index (χ2v) is 23.3. The maximum atomic E-state index is 14.5. The quantitative estimate of drug-likeness (QED) is 0.150. The third kappa shape index (κ3) is 14.5. The number of cyclic esters (lactones) is 1. The van der Waals surface area contributed by atoms with Crippen molar-refractivity contribution in [1.82, 2.24) is 9.21 Å². The van der Waals surface area contributed by atoms with Crippen LogP contribution in [0.5, 0.6) is 0 Å². The molecule has 1 amide bonds. The highest BCUT2D eigenvalue weighted by atomic mass is 32.2. The summed E-state index contributed by atoms with van der Waals surface area (Å²) in [5.41, 5.74) is 1.32. The summed E-state index contributed by atoms with van der Waals surface area (Å²) in [6.07, 6.45) is 13.9. The Morgan fingerprint density at radius 1 is 0.812 bits per heavy atom. The number of fused-ring (bicyclic) bond motifs is 3. The molecule has 15 atom stereocenters. The van der Waals surface area contributed by atoms with Crippen LogP contribution < -0.4 is 0 Å². The van der Waals surface area contributed by atoms with Gasteiger partial charge in [0.2, 0.25) is 15.8 Å². The highest BCUT2D eigenvalue weighted by Gasteiger charge is 2.53. The summed E-state index contributed by atoms with van der Waals surface area (Å²) >= 11 is 0. The number of nitrogens with zero attached hydrogens (tertiary/aromatic N) is 2. The lowest BCUT2D eigenvalue weighted by atomic mass is 9.78. The second kappa shape index (κ2) is 25.5. The zero-order valence-corrected chi connectivity index (χ0v) is 43.6. The number of sulfonamides is 1. The second-order valence-electron chi connectivity index (χ2n) is 21.3. The van der Waals surface area contributed by atoms with Gasteiger partial charge in [-0.15, -0.1) is 0 Å². The summed E-state index contributed by atoms with van der Waals surface area (Å²) in [5, 5.41) is 34.2. The molecule has 69 heavy (non-hydrogen) atoms. The standard InChI is InChI=1S/C53H84N2O13S/c1-33-16-11-10-12-17-35(3)43(55-26-15-27-69(55,63)64)32-41-22-20-39(7)53(62,68-41)50(59)51(60)54-25-14-13-18-42(54)52(61)67-45(36(4)30-40-21-23-44(56)46(31-40)65-8)24-19-34(2)29-38(6)48(58)49(66-9)47(57)37(5)28-33/h10-12,16-17,29,33-34,36-37,39-46,48-49,56,58,62H,13-15,18-28,30-32H2,1-9H3/b12-10+,16-11+,35-17+,38-29+/t33-,34+,36-,37-,39-,40+,41+,42+,43-,44-,45+,46-,48-,49+,53-/m1/s1. The van der Waals surface area contributed by atoms with Gasteiger partial charge in [-0.2, -0.15) is 4.31 Å². The Morgan fingerprint density at radius 3 is 2.23 bits per heavy atom. The molecule has 0 aromatic rings. The van der Waals surface area contributed by atoms with Crippen molar-refractivity contribution in [2.75, 3.05) is 33.1 Å². The molecule has 0 radical (unpaired) electrons. The van der Waals surface area contributed by atoms with Crippen molar-refractivity contribution < 1.29 is 61.9 Å². The summed E-state index contributed by atoms with van der Waals surface area (Å²) in [7, 11) is -0.577. The number of amides is 1. The van der Waals surface area contributed by atoms with Gasteiger partial charge in [-0.25, -0.2) is 13.2 Å². The van der Waals surface area contributed by atoms with E-state index in [1.54, 1.807) is 21.0 Å². The Bertz CT molecular complexity index is 2000. The number of ether oxygens (including phenoxy) is 4. The number of rotatable bonds is 6. The Labute approximate surface area is 412 Å². The van der Waals surface area contributed by atoms with E-state index in [1.807, 2.05) is 71.1 Å². The first kappa shape index (κ1) is 56.8. The maximum absolute atomic E-state index is 14.5. The van der Waals surface area contributed by atoms with Gasteiger partial charge in [0, 0.05) is 45.2 Å². The summed E-state index contributed by atoms with van der Waals surface area (Å²) in [6, 6.07) is -1.72. The predicted octanol–water partition coefficient (Wildman–Crippen LogP) is 6.39. The van der Waals surface area contributed by atoms with Crippen LogP contribution in [-0.4, -0.2) is 144 Å². The Morgan fingerprint density at radius 2 is 1.55 bits per heavy atom. The minimum atomic E-state index is -3.60. The summed E-state index contributed by atoms with van der Waals surface area (Å²) in [5.74, 6) is -6.73. The molecule has 16 heteroatoms. The van der Waals surface area contributed by atoms with Crippen LogP contribution >= 0.6 is 0 Å². The van der Waals surface area contributed by atoms with E-state index in [0.717, 1.165) is 12.0 Å². The van der Waals surface area contributed by atoms with Gasteiger partial charge < -0.3 is 39.2 Å². The highest BCUT2D eigenvalue weighted by Crippen LogP contribution is 2.39. The number of allylic oxidation sites excluding steroid dienone is 6. The topological polar surface area (TPSA) is 207 Å². The molecule has 3 saturated heterocycles. The lowest BCUT2D eigenvalue weighted by Gasteiger charge is -2.43. The molecule has 1 saturated carbocycles. The summed E-state index contributed by atoms with van der Waals surface area (Å²) < 4.78 is 52.1. The molecule has 0 spiro atoms. The lowest BCUT2D eigenvalue weighted by Crippen LogP contribution is -2.61. The van der Waals surface area contributed by atoms with Crippen molar-refractivity contribution in [3.05, 3.63) is 47.6 Å². The first-order valence-electron chi connectivity index (χ1n) is 25.7. The Kier molecular flexibility index (Phi) is 21.0. The molecule has 4 aliphatic heterocycles. The van der Waals surface area contributed by atoms with Crippen LogP contribution in [0.2, 0.25) is 0 Å². The van der Waals surface area contributed by atoms with Crippen LogP contribution in [0.3, 0.4) is 0 Å². The van der Waals surface area contributed by atoms with Crippen LogP contribution in [0.25, 0.3) is 0 Å². The van der Waals surface area contributed by atoms with Crippen LogP contribution in [-0.2, 0) is 48.1 Å². The van der Waals surface area contributed by atoms with E-state index in [9.17, 15) is 42.9 Å². The number of hydrogen-bond donors (Lipinski definition) is 3. The number of esters is 1. The molecule has 0 unspecified atom stereocenters. The van der Waals surface area contributed by atoms with Crippen LogP contribution in [0, 0.1) is 35.5 Å². The molecule has 2 bridgehead atoms.